The zero-order valence-corrected chi connectivity index (χ0v) is 16.5. The molecular formula is C17H16BrClFN3OS. The summed E-state index contributed by atoms with van der Waals surface area (Å²) >= 11 is 14.7. The lowest BCUT2D eigenvalue weighted by atomic mass is 10.2. The number of nitrogens with one attached hydrogen (secondary N) is 2. The average molecular weight is 445 g/mol. The normalized spacial score (nSPS) is 10.7. The van der Waals surface area contributed by atoms with Gasteiger partial charge in [0.25, 0.3) is 0 Å². The Hall–Kier alpha value is -1.70. The fraction of sp³-hybridized carbons (Fsp3) is 0.176. The number of hydrazone groups is 1. The first-order chi connectivity index (χ1) is 12.0. The smallest absolute Gasteiger partial charge is 0.186 e. The highest BCUT2D eigenvalue weighted by molar-refractivity contribution is 9.10. The van der Waals surface area contributed by atoms with Crippen LogP contribution in [-0.2, 0) is 6.61 Å². The average Bonchev–Trinajstić information content (AvgIpc) is 2.56. The molecule has 0 atom stereocenters. The molecule has 0 unspecified atom stereocenters. The molecule has 0 aliphatic heterocycles. The van der Waals surface area contributed by atoms with Crippen molar-refractivity contribution in [3.05, 3.63) is 62.8 Å². The van der Waals surface area contributed by atoms with Gasteiger partial charge in [0.2, 0.25) is 0 Å². The summed E-state index contributed by atoms with van der Waals surface area (Å²) in [5, 5.41) is 7.78. The molecule has 4 nitrogen and oxygen atoms in total. The predicted octanol–water partition coefficient (Wildman–Crippen LogP) is 4.64. The lowest BCUT2D eigenvalue weighted by molar-refractivity contribution is 0.298. The van der Waals surface area contributed by atoms with Crippen LogP contribution in [0.15, 0.2) is 46.0 Å². The van der Waals surface area contributed by atoms with Gasteiger partial charge >= 0.3 is 0 Å². The Balaban J connectivity index is 2.05. The van der Waals surface area contributed by atoms with Crippen molar-refractivity contribution in [1.29, 1.82) is 0 Å². The van der Waals surface area contributed by atoms with E-state index in [-0.39, 0.29) is 12.4 Å². The maximum Gasteiger partial charge on any atom is 0.186 e. The molecule has 8 heteroatoms. The maximum absolute atomic E-state index is 13.7. The van der Waals surface area contributed by atoms with Crippen LogP contribution in [0, 0.1) is 5.82 Å². The number of nitrogens with zero attached hydrogens (tertiary/aromatic N) is 1. The summed E-state index contributed by atoms with van der Waals surface area (Å²) in [6, 6.07) is 9.93. The Morgan fingerprint density at radius 2 is 2.16 bits per heavy atom. The number of benzene rings is 2. The third kappa shape index (κ3) is 5.95. The molecule has 0 bridgehead atoms. The van der Waals surface area contributed by atoms with Crippen molar-refractivity contribution < 1.29 is 9.13 Å². The summed E-state index contributed by atoms with van der Waals surface area (Å²) in [7, 11) is 0. The summed E-state index contributed by atoms with van der Waals surface area (Å²) in [5.74, 6) is 0.124. The van der Waals surface area contributed by atoms with E-state index in [0.29, 0.717) is 32.5 Å². The fourth-order valence-corrected chi connectivity index (χ4v) is 3.11. The Morgan fingerprint density at radius 3 is 2.84 bits per heavy atom. The van der Waals surface area contributed by atoms with E-state index < -0.39 is 0 Å². The third-order valence-electron chi connectivity index (χ3n) is 3.07. The van der Waals surface area contributed by atoms with Gasteiger partial charge in [-0.2, -0.15) is 5.10 Å². The molecule has 0 saturated heterocycles. The van der Waals surface area contributed by atoms with Crippen LogP contribution in [-0.4, -0.2) is 17.9 Å². The maximum atomic E-state index is 13.7. The van der Waals surface area contributed by atoms with Gasteiger partial charge in [0.1, 0.15) is 12.4 Å². The summed E-state index contributed by atoms with van der Waals surface area (Å²) < 4.78 is 20.0. The molecule has 0 aliphatic rings. The zero-order chi connectivity index (χ0) is 18.2. The summed E-state index contributed by atoms with van der Waals surface area (Å²) in [6.45, 7) is 2.73. The highest BCUT2D eigenvalue weighted by Crippen LogP contribution is 2.34. The Morgan fingerprint density at radius 1 is 1.40 bits per heavy atom. The summed E-state index contributed by atoms with van der Waals surface area (Å²) in [4.78, 5) is 0. The number of hydrogen-bond acceptors (Lipinski definition) is 3. The zero-order valence-electron chi connectivity index (χ0n) is 13.4. The topological polar surface area (TPSA) is 45.7 Å². The Labute approximate surface area is 164 Å². The van der Waals surface area contributed by atoms with E-state index in [0.717, 1.165) is 5.56 Å². The Kier molecular flexibility index (Phi) is 7.61. The van der Waals surface area contributed by atoms with Crippen LogP contribution in [0.4, 0.5) is 4.39 Å². The molecule has 2 aromatic carbocycles. The monoisotopic (exact) mass is 443 g/mol. The molecule has 25 heavy (non-hydrogen) atoms. The standard InChI is InChI=1S/C17H16BrClFN3OS/c1-2-21-17(25)23-22-9-11-7-13(18)16(14(19)8-11)24-10-12-5-3-4-6-15(12)20/h3-9H,2,10H2,1H3,(H2,21,23,25)/b22-9-. The molecule has 0 radical (unpaired) electrons. The first-order valence-electron chi connectivity index (χ1n) is 7.43. The Bertz CT molecular complexity index is 765. The minimum absolute atomic E-state index is 0.0803. The van der Waals surface area contributed by atoms with Crippen LogP contribution in [0.25, 0.3) is 0 Å². The third-order valence-corrected chi connectivity index (χ3v) is 4.17. The van der Waals surface area contributed by atoms with Crippen LogP contribution >= 0.6 is 39.7 Å². The largest absolute Gasteiger partial charge is 0.486 e. The first-order valence-corrected chi connectivity index (χ1v) is 9.01. The van der Waals surface area contributed by atoms with E-state index in [1.165, 1.54) is 6.07 Å². The molecular weight excluding hydrogens is 429 g/mol. The van der Waals surface area contributed by atoms with Gasteiger partial charge in [0.15, 0.2) is 10.9 Å². The van der Waals surface area contributed by atoms with Crippen molar-refractivity contribution >= 4 is 51.1 Å². The van der Waals surface area contributed by atoms with Gasteiger partial charge in [-0.05, 0) is 58.8 Å². The van der Waals surface area contributed by atoms with E-state index in [9.17, 15) is 4.39 Å². The minimum Gasteiger partial charge on any atom is -0.486 e. The van der Waals surface area contributed by atoms with E-state index >= 15 is 0 Å². The highest BCUT2D eigenvalue weighted by atomic mass is 79.9. The van der Waals surface area contributed by atoms with E-state index in [2.05, 4.69) is 31.8 Å². The van der Waals surface area contributed by atoms with Crippen LogP contribution in [0.2, 0.25) is 5.02 Å². The number of ether oxygens (including phenoxy) is 1. The SMILES string of the molecule is CCNC(=S)N/N=C\c1cc(Cl)c(OCc2ccccc2F)c(Br)c1. The number of halogens is 3. The van der Waals surface area contributed by atoms with Crippen LogP contribution < -0.4 is 15.5 Å². The molecule has 0 heterocycles. The lowest BCUT2D eigenvalue weighted by Crippen LogP contribution is -2.31. The van der Waals surface area contributed by atoms with Crippen molar-refractivity contribution in [3.63, 3.8) is 0 Å². The van der Waals surface area contributed by atoms with E-state index in [4.69, 9.17) is 28.6 Å². The second-order valence-electron chi connectivity index (χ2n) is 4.92. The molecule has 0 saturated carbocycles. The van der Waals surface area contributed by atoms with E-state index in [1.54, 1.807) is 36.5 Å². The van der Waals surface area contributed by atoms with Gasteiger partial charge in [-0.1, -0.05) is 29.8 Å². The summed E-state index contributed by atoms with van der Waals surface area (Å²) in [5.41, 5.74) is 3.90. The van der Waals surface area contributed by atoms with Gasteiger partial charge in [-0.25, -0.2) is 4.39 Å². The molecule has 0 aliphatic carbocycles. The summed E-state index contributed by atoms with van der Waals surface area (Å²) in [6.07, 6.45) is 1.58. The quantitative estimate of drug-likeness (QED) is 0.387. The second-order valence-corrected chi connectivity index (χ2v) is 6.59. The van der Waals surface area contributed by atoms with E-state index in [1.807, 2.05) is 6.92 Å². The van der Waals surface area contributed by atoms with Crippen molar-refractivity contribution in [1.82, 2.24) is 10.7 Å². The molecule has 132 valence electrons. The fourth-order valence-electron chi connectivity index (χ4n) is 1.92. The van der Waals surface area contributed by atoms with Crippen molar-refractivity contribution in [2.45, 2.75) is 13.5 Å². The van der Waals surface area contributed by atoms with Crippen molar-refractivity contribution in [3.8, 4) is 5.75 Å². The molecule has 2 rings (SSSR count). The predicted molar refractivity (Wildman–Crippen MR) is 107 cm³/mol. The van der Waals surface area contributed by atoms with Gasteiger partial charge in [0.05, 0.1) is 15.7 Å². The molecule has 0 spiro atoms. The van der Waals surface area contributed by atoms with Gasteiger partial charge < -0.3 is 10.1 Å². The second kappa shape index (κ2) is 9.70. The van der Waals surface area contributed by atoms with Crippen molar-refractivity contribution in [2.75, 3.05) is 6.54 Å². The highest BCUT2D eigenvalue weighted by Gasteiger charge is 2.10. The van der Waals surface area contributed by atoms with Crippen LogP contribution in [0.3, 0.4) is 0 Å². The first kappa shape index (κ1) is 19.6. The molecule has 0 amide bonds. The lowest BCUT2D eigenvalue weighted by Gasteiger charge is -2.11. The van der Waals surface area contributed by atoms with Gasteiger partial charge in [-0.15, -0.1) is 0 Å². The number of hydrogen-bond donors (Lipinski definition) is 2. The molecule has 0 fully saturated rings. The molecule has 2 N–H and O–H groups in total. The van der Waals surface area contributed by atoms with Crippen LogP contribution in [0.1, 0.15) is 18.1 Å². The van der Waals surface area contributed by atoms with Gasteiger partial charge in [0, 0.05) is 12.1 Å². The molecule has 2 aromatic rings. The number of rotatable bonds is 6. The van der Waals surface area contributed by atoms with Crippen LogP contribution in [0.5, 0.6) is 5.75 Å². The number of thiocarbonyl (C=S) groups is 1. The van der Waals surface area contributed by atoms with Crippen molar-refractivity contribution in [2.24, 2.45) is 5.10 Å². The minimum atomic E-state index is -0.318. The molecule has 0 aromatic heterocycles. The van der Waals surface area contributed by atoms with Gasteiger partial charge in [-0.3, -0.25) is 5.43 Å².